The summed E-state index contributed by atoms with van der Waals surface area (Å²) >= 11 is 6.29. The van der Waals surface area contributed by atoms with Crippen LogP contribution in [0.15, 0.2) is 60.7 Å². The van der Waals surface area contributed by atoms with Gasteiger partial charge in [0.15, 0.2) is 17.3 Å². The molecule has 1 N–H and O–H groups in total. The predicted octanol–water partition coefficient (Wildman–Crippen LogP) is 5.77. The lowest BCUT2D eigenvalue weighted by Gasteiger charge is -2.13. The van der Waals surface area contributed by atoms with Crippen LogP contribution in [0.1, 0.15) is 5.56 Å². The van der Waals surface area contributed by atoms with Crippen molar-refractivity contribution >= 4 is 22.5 Å². The minimum atomic E-state index is -0.0279. The fraction of sp³-hybridized carbons (Fsp3) is 0.0909. The monoisotopic (exact) mass is 392 g/mol. The summed E-state index contributed by atoms with van der Waals surface area (Å²) in [5, 5.41) is 11.7. The smallest absolute Gasteiger partial charge is 0.230 e. The van der Waals surface area contributed by atoms with E-state index in [1.807, 2.05) is 43.3 Å². The third kappa shape index (κ3) is 3.32. The van der Waals surface area contributed by atoms with Gasteiger partial charge in [-0.25, -0.2) is 4.98 Å². The van der Waals surface area contributed by atoms with Gasteiger partial charge < -0.3 is 14.6 Å². The molecule has 0 amide bonds. The second-order valence-corrected chi connectivity index (χ2v) is 6.67. The maximum Gasteiger partial charge on any atom is 0.230 e. The molecule has 0 saturated heterocycles. The van der Waals surface area contributed by atoms with Crippen molar-refractivity contribution in [2.45, 2.75) is 6.92 Å². The second-order valence-electron chi connectivity index (χ2n) is 6.26. The van der Waals surface area contributed by atoms with Gasteiger partial charge >= 0.3 is 0 Å². The molecule has 0 spiro atoms. The molecule has 0 aliphatic rings. The van der Waals surface area contributed by atoms with Gasteiger partial charge in [0, 0.05) is 0 Å². The van der Waals surface area contributed by atoms with Crippen molar-refractivity contribution in [1.82, 2.24) is 9.97 Å². The maximum absolute atomic E-state index is 10.5. The Labute approximate surface area is 167 Å². The van der Waals surface area contributed by atoms with Gasteiger partial charge in [0.1, 0.15) is 5.75 Å². The van der Waals surface area contributed by atoms with Crippen LogP contribution in [-0.2, 0) is 0 Å². The summed E-state index contributed by atoms with van der Waals surface area (Å²) in [6.45, 7) is 1.96. The molecule has 140 valence electrons. The van der Waals surface area contributed by atoms with E-state index in [0.717, 1.165) is 10.9 Å². The van der Waals surface area contributed by atoms with E-state index in [9.17, 15) is 5.11 Å². The van der Waals surface area contributed by atoms with Crippen LogP contribution in [0.4, 0.5) is 0 Å². The number of aromatic hydroxyl groups is 1. The number of hydrogen-bond acceptors (Lipinski definition) is 5. The van der Waals surface area contributed by atoms with Gasteiger partial charge in [-0.1, -0.05) is 35.9 Å². The highest BCUT2D eigenvalue weighted by molar-refractivity contribution is 6.32. The van der Waals surface area contributed by atoms with Gasteiger partial charge in [-0.3, -0.25) is 0 Å². The number of halogens is 1. The fourth-order valence-corrected chi connectivity index (χ4v) is 3.06. The number of benzene rings is 3. The Kier molecular flexibility index (Phi) is 4.75. The van der Waals surface area contributed by atoms with Crippen LogP contribution in [0.5, 0.6) is 23.1 Å². The number of aromatic nitrogens is 2. The average molecular weight is 393 g/mol. The van der Waals surface area contributed by atoms with Crippen LogP contribution >= 0.6 is 11.6 Å². The number of ether oxygens (including phenoxy) is 2. The topological polar surface area (TPSA) is 64.5 Å². The number of phenolic OH excluding ortho intramolecular Hbond substituents is 1. The number of hydrogen-bond donors (Lipinski definition) is 1. The molecule has 5 nitrogen and oxygen atoms in total. The number of rotatable bonds is 4. The van der Waals surface area contributed by atoms with Crippen molar-refractivity contribution < 1.29 is 14.6 Å². The first-order valence-electron chi connectivity index (χ1n) is 8.64. The molecule has 0 bridgehead atoms. The molecular formula is C22H17ClN2O3. The van der Waals surface area contributed by atoms with Crippen molar-refractivity contribution in [2.24, 2.45) is 0 Å². The molecule has 0 aliphatic heterocycles. The molecule has 28 heavy (non-hydrogen) atoms. The Morgan fingerprint density at radius 2 is 1.75 bits per heavy atom. The second kappa shape index (κ2) is 7.37. The first kappa shape index (κ1) is 18.1. The van der Waals surface area contributed by atoms with Crippen molar-refractivity contribution in [1.29, 1.82) is 0 Å². The van der Waals surface area contributed by atoms with E-state index in [2.05, 4.69) is 9.97 Å². The molecule has 0 radical (unpaired) electrons. The van der Waals surface area contributed by atoms with Gasteiger partial charge in [0.2, 0.25) is 5.88 Å². The zero-order valence-corrected chi connectivity index (χ0v) is 16.1. The molecule has 1 heterocycles. The van der Waals surface area contributed by atoms with Gasteiger partial charge in [-0.05, 0) is 48.9 Å². The van der Waals surface area contributed by atoms with E-state index in [-0.39, 0.29) is 5.75 Å². The number of fused-ring (bicyclic) bond motifs is 1. The Hall–Kier alpha value is -3.31. The van der Waals surface area contributed by atoms with Gasteiger partial charge in [-0.2, -0.15) is 4.98 Å². The summed E-state index contributed by atoms with van der Waals surface area (Å²) < 4.78 is 11.3. The molecule has 6 heteroatoms. The lowest BCUT2D eigenvalue weighted by molar-refractivity contribution is 0.374. The summed E-state index contributed by atoms with van der Waals surface area (Å²) in [6.07, 6.45) is 0. The Morgan fingerprint density at radius 3 is 2.57 bits per heavy atom. The predicted molar refractivity (Wildman–Crippen MR) is 109 cm³/mol. The molecule has 0 saturated carbocycles. The number of aryl methyl sites for hydroxylation is 1. The zero-order chi connectivity index (χ0) is 19.7. The van der Waals surface area contributed by atoms with Crippen LogP contribution in [0.3, 0.4) is 0 Å². The number of para-hydroxylation sites is 2. The minimum absolute atomic E-state index is 0.0279. The van der Waals surface area contributed by atoms with Crippen molar-refractivity contribution in [3.8, 4) is 34.5 Å². The summed E-state index contributed by atoms with van der Waals surface area (Å²) in [6, 6.07) is 18.2. The Morgan fingerprint density at radius 1 is 0.929 bits per heavy atom. The standard InChI is InChI=1S/C22H17ClN2O3/c1-13-10-11-16(23)19(12-13)28-22-14-6-3-4-8-17(14)24-21(25-22)15-7-5-9-18(27-2)20(15)26/h3-12,26H,1-2H3. The minimum Gasteiger partial charge on any atom is -0.504 e. The summed E-state index contributed by atoms with van der Waals surface area (Å²) in [5.74, 6) is 1.51. The highest BCUT2D eigenvalue weighted by Gasteiger charge is 2.17. The van der Waals surface area contributed by atoms with Crippen molar-refractivity contribution in [3.63, 3.8) is 0 Å². The third-order valence-electron chi connectivity index (χ3n) is 4.32. The molecular weight excluding hydrogens is 376 g/mol. The zero-order valence-electron chi connectivity index (χ0n) is 15.3. The van der Waals surface area contributed by atoms with Gasteiger partial charge in [-0.15, -0.1) is 0 Å². The first-order valence-corrected chi connectivity index (χ1v) is 9.02. The summed E-state index contributed by atoms with van der Waals surface area (Å²) in [4.78, 5) is 9.15. The maximum atomic E-state index is 10.5. The summed E-state index contributed by atoms with van der Waals surface area (Å²) in [5.41, 5.74) is 2.15. The number of methoxy groups -OCH3 is 1. The van der Waals surface area contributed by atoms with Crippen LogP contribution in [0.2, 0.25) is 5.02 Å². The van der Waals surface area contributed by atoms with Crippen LogP contribution in [0.25, 0.3) is 22.3 Å². The highest BCUT2D eigenvalue weighted by atomic mass is 35.5. The largest absolute Gasteiger partial charge is 0.504 e. The van der Waals surface area contributed by atoms with Gasteiger partial charge in [0.05, 0.1) is 28.6 Å². The highest BCUT2D eigenvalue weighted by Crippen LogP contribution is 2.38. The Bertz CT molecular complexity index is 1180. The molecule has 0 fully saturated rings. The van der Waals surface area contributed by atoms with E-state index < -0.39 is 0 Å². The third-order valence-corrected chi connectivity index (χ3v) is 4.63. The van der Waals surface area contributed by atoms with Gasteiger partial charge in [0.25, 0.3) is 0 Å². The molecule has 1 aromatic heterocycles. The lowest BCUT2D eigenvalue weighted by atomic mass is 10.1. The van der Waals surface area contributed by atoms with Crippen LogP contribution in [0, 0.1) is 6.92 Å². The molecule has 0 atom stereocenters. The number of nitrogens with zero attached hydrogens (tertiary/aromatic N) is 2. The molecule has 4 rings (SSSR count). The fourth-order valence-electron chi connectivity index (χ4n) is 2.91. The van der Waals surface area contributed by atoms with Crippen molar-refractivity contribution in [3.05, 3.63) is 71.2 Å². The molecule has 3 aromatic carbocycles. The van der Waals surface area contributed by atoms with Crippen LogP contribution in [-0.4, -0.2) is 22.2 Å². The van der Waals surface area contributed by atoms with Crippen LogP contribution < -0.4 is 9.47 Å². The molecule has 0 aliphatic carbocycles. The first-order chi connectivity index (χ1) is 13.6. The van der Waals surface area contributed by atoms with E-state index in [4.69, 9.17) is 21.1 Å². The summed E-state index contributed by atoms with van der Waals surface area (Å²) in [7, 11) is 1.49. The lowest BCUT2D eigenvalue weighted by Crippen LogP contribution is -1.97. The van der Waals surface area contributed by atoms with E-state index in [1.165, 1.54) is 7.11 Å². The molecule has 0 unspecified atom stereocenters. The number of phenols is 1. The average Bonchev–Trinajstić information content (AvgIpc) is 2.71. The van der Waals surface area contributed by atoms with E-state index >= 15 is 0 Å². The Balaban J connectivity index is 1.90. The van der Waals surface area contributed by atoms with Crippen molar-refractivity contribution in [2.75, 3.05) is 7.11 Å². The SMILES string of the molecule is COc1cccc(-c2nc(Oc3cc(C)ccc3Cl)c3ccccc3n2)c1O. The van der Waals surface area contributed by atoms with E-state index in [1.54, 1.807) is 24.3 Å². The normalized spacial score (nSPS) is 10.8. The quantitative estimate of drug-likeness (QED) is 0.478. The molecule has 4 aromatic rings. The van der Waals surface area contributed by atoms with E-state index in [0.29, 0.717) is 39.3 Å².